The normalized spacial score (nSPS) is 25.8. The van der Waals surface area contributed by atoms with E-state index in [1.807, 2.05) is 53.8 Å². The molecule has 7 nitrogen and oxygen atoms in total. The van der Waals surface area contributed by atoms with Crippen molar-refractivity contribution in [3.8, 4) is 5.69 Å². The third-order valence-corrected chi connectivity index (χ3v) is 6.16. The molecule has 4 atom stereocenters. The lowest BCUT2D eigenvalue weighted by Crippen LogP contribution is -2.48. The van der Waals surface area contributed by atoms with E-state index in [-0.39, 0.29) is 18.1 Å². The first-order valence-electron chi connectivity index (χ1n) is 10.5. The summed E-state index contributed by atoms with van der Waals surface area (Å²) < 4.78 is 7.64. The lowest BCUT2D eigenvalue weighted by atomic mass is 9.92. The van der Waals surface area contributed by atoms with Crippen LogP contribution in [0.3, 0.4) is 0 Å². The van der Waals surface area contributed by atoms with Gasteiger partial charge in [0.15, 0.2) is 0 Å². The average molecular weight is 399 g/mol. The van der Waals surface area contributed by atoms with Gasteiger partial charge in [-0.05, 0) is 50.8 Å². The first-order chi connectivity index (χ1) is 14.0. The molecule has 2 fully saturated rings. The average Bonchev–Trinajstić information content (AvgIpc) is 3.34. The van der Waals surface area contributed by atoms with Crippen LogP contribution < -0.4 is 5.32 Å². The van der Waals surface area contributed by atoms with E-state index in [4.69, 9.17) is 4.74 Å². The molecule has 4 rings (SSSR count). The van der Waals surface area contributed by atoms with Crippen molar-refractivity contribution < 1.29 is 14.6 Å². The molecule has 2 saturated heterocycles. The number of aromatic nitrogens is 2. The molecule has 2 N–H and O–H groups in total. The predicted octanol–water partition coefficient (Wildman–Crippen LogP) is 2.81. The van der Waals surface area contributed by atoms with Crippen LogP contribution in [0.2, 0.25) is 0 Å². The van der Waals surface area contributed by atoms with E-state index in [2.05, 4.69) is 10.3 Å². The van der Waals surface area contributed by atoms with Gasteiger partial charge >= 0.3 is 6.03 Å². The largest absolute Gasteiger partial charge is 0.391 e. The van der Waals surface area contributed by atoms with Gasteiger partial charge in [0.1, 0.15) is 5.82 Å². The third kappa shape index (κ3) is 4.31. The molecular formula is C22H30N4O3. The molecule has 156 valence electrons. The summed E-state index contributed by atoms with van der Waals surface area (Å²) in [4.78, 5) is 19.0. The van der Waals surface area contributed by atoms with Gasteiger partial charge in [-0.25, -0.2) is 9.78 Å². The fraction of sp³-hybridized carbons (Fsp3) is 0.545. The Kier molecular flexibility index (Phi) is 5.87. The van der Waals surface area contributed by atoms with Crippen LogP contribution in [0, 0.1) is 12.8 Å². The van der Waals surface area contributed by atoms with Crippen LogP contribution in [0.4, 0.5) is 4.79 Å². The SMILES string of the molecule is Cc1nccn1-c1ccc(C(C)NC(=O)N2CC(O)CC2C2CCCOC2)cc1. The molecule has 1 aromatic heterocycles. The number of rotatable bonds is 4. The molecule has 0 spiro atoms. The maximum Gasteiger partial charge on any atom is 0.318 e. The lowest BCUT2D eigenvalue weighted by Gasteiger charge is -2.34. The Morgan fingerprint density at radius 3 is 2.79 bits per heavy atom. The van der Waals surface area contributed by atoms with Crippen molar-refractivity contribution >= 4 is 6.03 Å². The minimum absolute atomic E-state index is 0.0455. The number of nitrogens with one attached hydrogen (secondary N) is 1. The fourth-order valence-corrected chi connectivity index (χ4v) is 4.52. The Hall–Kier alpha value is -2.38. The van der Waals surface area contributed by atoms with E-state index >= 15 is 0 Å². The van der Waals surface area contributed by atoms with Gasteiger partial charge in [0.2, 0.25) is 0 Å². The molecule has 2 aromatic rings. The second-order valence-corrected chi connectivity index (χ2v) is 8.19. The number of hydrogen-bond acceptors (Lipinski definition) is 4. The van der Waals surface area contributed by atoms with Gasteiger partial charge in [0.05, 0.1) is 18.8 Å². The fourth-order valence-electron chi connectivity index (χ4n) is 4.52. The third-order valence-electron chi connectivity index (χ3n) is 6.16. The highest BCUT2D eigenvalue weighted by molar-refractivity contribution is 5.75. The number of amides is 2. The number of nitrogens with zero attached hydrogens (tertiary/aromatic N) is 3. The summed E-state index contributed by atoms with van der Waals surface area (Å²) in [5.74, 6) is 1.24. The zero-order valence-electron chi connectivity index (χ0n) is 17.1. The van der Waals surface area contributed by atoms with E-state index in [0.29, 0.717) is 25.5 Å². The van der Waals surface area contributed by atoms with Crippen molar-refractivity contribution in [3.63, 3.8) is 0 Å². The molecule has 4 unspecified atom stereocenters. The van der Waals surface area contributed by atoms with Crippen molar-refractivity contribution in [2.75, 3.05) is 19.8 Å². The van der Waals surface area contributed by atoms with E-state index in [0.717, 1.165) is 36.5 Å². The predicted molar refractivity (Wildman–Crippen MR) is 110 cm³/mol. The van der Waals surface area contributed by atoms with Crippen LogP contribution in [-0.2, 0) is 4.74 Å². The number of aryl methyl sites for hydroxylation is 1. The topological polar surface area (TPSA) is 79.6 Å². The molecule has 7 heteroatoms. The van der Waals surface area contributed by atoms with Crippen molar-refractivity contribution in [3.05, 3.63) is 48.0 Å². The number of carbonyl (C=O) groups is 1. The smallest absolute Gasteiger partial charge is 0.318 e. The number of carbonyl (C=O) groups excluding carboxylic acids is 1. The maximum atomic E-state index is 13.0. The summed E-state index contributed by atoms with van der Waals surface area (Å²) in [6, 6.07) is 7.95. The number of imidazole rings is 1. The summed E-state index contributed by atoms with van der Waals surface area (Å²) >= 11 is 0. The number of ether oxygens (including phenoxy) is 1. The molecule has 0 bridgehead atoms. The summed E-state index contributed by atoms with van der Waals surface area (Å²) in [5, 5.41) is 13.3. The number of hydrogen-bond donors (Lipinski definition) is 2. The number of urea groups is 1. The van der Waals surface area contributed by atoms with E-state index < -0.39 is 6.10 Å². The van der Waals surface area contributed by atoms with Crippen LogP contribution in [0.5, 0.6) is 0 Å². The second kappa shape index (κ2) is 8.55. The highest BCUT2D eigenvalue weighted by atomic mass is 16.5. The minimum atomic E-state index is -0.458. The summed E-state index contributed by atoms with van der Waals surface area (Å²) in [6.07, 6.45) is 5.96. The Bertz CT molecular complexity index is 829. The Morgan fingerprint density at radius 1 is 1.34 bits per heavy atom. The van der Waals surface area contributed by atoms with Gasteiger partial charge in [-0.1, -0.05) is 12.1 Å². The highest BCUT2D eigenvalue weighted by Crippen LogP contribution is 2.30. The van der Waals surface area contributed by atoms with Gasteiger partial charge in [0.25, 0.3) is 0 Å². The monoisotopic (exact) mass is 398 g/mol. The molecule has 0 saturated carbocycles. The molecule has 3 heterocycles. The summed E-state index contributed by atoms with van der Waals surface area (Å²) in [7, 11) is 0. The minimum Gasteiger partial charge on any atom is -0.391 e. The molecule has 0 radical (unpaired) electrons. The number of benzene rings is 1. The van der Waals surface area contributed by atoms with Crippen LogP contribution in [0.25, 0.3) is 5.69 Å². The quantitative estimate of drug-likeness (QED) is 0.830. The van der Waals surface area contributed by atoms with Crippen LogP contribution in [0.1, 0.15) is 43.6 Å². The zero-order valence-corrected chi connectivity index (χ0v) is 17.1. The highest BCUT2D eigenvalue weighted by Gasteiger charge is 2.40. The van der Waals surface area contributed by atoms with E-state index in [1.165, 1.54) is 0 Å². The molecule has 2 aliphatic rings. The van der Waals surface area contributed by atoms with E-state index in [1.54, 1.807) is 6.20 Å². The van der Waals surface area contributed by atoms with Crippen LogP contribution >= 0.6 is 0 Å². The lowest BCUT2D eigenvalue weighted by molar-refractivity contribution is 0.0258. The van der Waals surface area contributed by atoms with Crippen LogP contribution in [-0.4, -0.2) is 57.5 Å². The molecule has 1 aromatic carbocycles. The summed E-state index contributed by atoms with van der Waals surface area (Å²) in [5.41, 5.74) is 2.08. The number of aliphatic hydroxyl groups excluding tert-OH is 1. The molecule has 2 aliphatic heterocycles. The molecule has 2 amide bonds. The maximum absolute atomic E-state index is 13.0. The standard InChI is InChI=1S/C22H30N4O3/c1-15(17-5-7-19(8-6-17)25-10-9-23-16(25)2)24-22(28)26-13-20(27)12-21(26)18-4-3-11-29-14-18/h5-10,15,18,20-21,27H,3-4,11-14H2,1-2H3,(H,24,28). The van der Waals surface area contributed by atoms with Gasteiger partial charge in [-0.15, -0.1) is 0 Å². The summed E-state index contributed by atoms with van der Waals surface area (Å²) in [6.45, 7) is 5.81. The van der Waals surface area contributed by atoms with E-state index in [9.17, 15) is 9.90 Å². The van der Waals surface area contributed by atoms with Gasteiger partial charge in [-0.2, -0.15) is 0 Å². The van der Waals surface area contributed by atoms with Crippen molar-refractivity contribution in [2.24, 2.45) is 5.92 Å². The van der Waals surface area contributed by atoms with Crippen molar-refractivity contribution in [2.45, 2.75) is 51.3 Å². The van der Waals surface area contributed by atoms with Crippen molar-refractivity contribution in [1.82, 2.24) is 19.8 Å². The number of aliphatic hydroxyl groups is 1. The van der Waals surface area contributed by atoms with Gasteiger partial charge < -0.3 is 24.6 Å². The molecular weight excluding hydrogens is 368 g/mol. The first kappa shape index (κ1) is 19.9. The van der Waals surface area contributed by atoms with Crippen LogP contribution in [0.15, 0.2) is 36.7 Å². The Balaban J connectivity index is 1.41. The Labute approximate surface area is 171 Å². The molecule has 0 aliphatic carbocycles. The second-order valence-electron chi connectivity index (χ2n) is 8.19. The van der Waals surface area contributed by atoms with Crippen molar-refractivity contribution in [1.29, 1.82) is 0 Å². The van der Waals surface area contributed by atoms with Gasteiger partial charge in [-0.3, -0.25) is 0 Å². The Morgan fingerprint density at radius 2 is 2.14 bits per heavy atom. The number of β-amino-alcohol motifs (C(OH)–C–C–N with tert-alkyl or cyclic N) is 1. The van der Waals surface area contributed by atoms with Gasteiger partial charge in [0, 0.05) is 43.2 Å². The molecule has 29 heavy (non-hydrogen) atoms. The number of likely N-dealkylation sites (tertiary alicyclic amines) is 1. The first-order valence-corrected chi connectivity index (χ1v) is 10.5. The zero-order chi connectivity index (χ0) is 20.4.